The molecule has 19 heavy (non-hydrogen) atoms. The first-order valence-electron chi connectivity index (χ1n) is 6.48. The van der Waals surface area contributed by atoms with Crippen LogP contribution in [-0.2, 0) is 14.6 Å². The van der Waals surface area contributed by atoms with E-state index in [4.69, 9.17) is 0 Å². The summed E-state index contributed by atoms with van der Waals surface area (Å²) in [5, 5.41) is 0. The van der Waals surface area contributed by atoms with Crippen molar-refractivity contribution in [3.63, 3.8) is 0 Å². The number of thioether (sulfide) groups is 1. The quantitative estimate of drug-likeness (QED) is 0.732. The molecule has 112 valence electrons. The molecule has 1 fully saturated rings. The highest BCUT2D eigenvalue weighted by Crippen LogP contribution is 2.14. The molecule has 1 rings (SSSR count). The molecule has 1 saturated heterocycles. The second kappa shape index (κ2) is 6.95. The van der Waals surface area contributed by atoms with Crippen molar-refractivity contribution in [3.05, 3.63) is 0 Å². The van der Waals surface area contributed by atoms with E-state index in [1.165, 1.54) is 6.26 Å². The molecule has 5 nitrogen and oxygen atoms in total. The molecule has 0 aromatic rings. The van der Waals surface area contributed by atoms with Gasteiger partial charge in [0.2, 0.25) is 5.91 Å². The van der Waals surface area contributed by atoms with Crippen LogP contribution in [-0.4, -0.2) is 79.9 Å². The fourth-order valence-electron chi connectivity index (χ4n) is 2.18. The van der Waals surface area contributed by atoms with E-state index in [1.807, 2.05) is 18.7 Å². The minimum Gasteiger partial charge on any atom is -0.341 e. The smallest absolute Gasteiger partial charge is 0.239 e. The lowest BCUT2D eigenvalue weighted by molar-refractivity contribution is -0.136. The Kier molecular flexibility index (Phi) is 6.14. The van der Waals surface area contributed by atoms with Crippen LogP contribution in [0.15, 0.2) is 0 Å². The molecule has 0 radical (unpaired) electrons. The maximum atomic E-state index is 12.4. The fraction of sp³-hybridized carbons (Fsp3) is 0.917. The molecule has 0 spiro atoms. The minimum absolute atomic E-state index is 0.00282. The van der Waals surface area contributed by atoms with Gasteiger partial charge in [-0.25, -0.2) is 8.42 Å². The second-order valence-electron chi connectivity index (χ2n) is 5.21. The van der Waals surface area contributed by atoms with Crippen molar-refractivity contribution in [2.75, 3.05) is 43.7 Å². The molecule has 0 aliphatic carbocycles. The highest BCUT2D eigenvalue weighted by Gasteiger charge is 2.28. The summed E-state index contributed by atoms with van der Waals surface area (Å²) in [5.41, 5.74) is 0. The molecular formula is C12H24N2O3S2. The molecule has 0 aromatic carbocycles. The summed E-state index contributed by atoms with van der Waals surface area (Å²) in [6.45, 7) is 5.53. The molecule has 0 bridgehead atoms. The van der Waals surface area contributed by atoms with Crippen LogP contribution in [0.3, 0.4) is 0 Å². The van der Waals surface area contributed by atoms with E-state index >= 15 is 0 Å². The summed E-state index contributed by atoms with van der Waals surface area (Å²) >= 11 is 1.90. The molecule has 0 unspecified atom stereocenters. The van der Waals surface area contributed by atoms with Gasteiger partial charge < -0.3 is 4.90 Å². The van der Waals surface area contributed by atoms with Crippen LogP contribution in [0.5, 0.6) is 0 Å². The summed E-state index contributed by atoms with van der Waals surface area (Å²) in [6.07, 6.45) is 1.20. The predicted octanol–water partition coefficient (Wildman–Crippen LogP) is 0.315. The minimum atomic E-state index is -3.06. The Bertz CT molecular complexity index is 405. The molecule has 0 aromatic heterocycles. The van der Waals surface area contributed by atoms with Gasteiger partial charge in [-0.2, -0.15) is 11.8 Å². The lowest BCUT2D eigenvalue weighted by atomic mass is 10.2. The van der Waals surface area contributed by atoms with Gasteiger partial charge in [0.15, 0.2) is 0 Å². The standard InChI is InChI=1S/C12H24N2O3S2/c1-10(9-19(4,16)17)13(3)12(15)11(2)14-5-7-18-8-6-14/h10-11H,5-9H2,1-4H3/t10-,11+/m1/s1. The maximum Gasteiger partial charge on any atom is 0.239 e. The molecule has 0 saturated carbocycles. The summed E-state index contributed by atoms with van der Waals surface area (Å²) in [5.74, 6) is 2.13. The first kappa shape index (κ1) is 16.8. The van der Waals surface area contributed by atoms with Crippen LogP contribution >= 0.6 is 11.8 Å². The molecule has 1 aliphatic rings. The van der Waals surface area contributed by atoms with Gasteiger partial charge in [-0.05, 0) is 13.8 Å². The summed E-state index contributed by atoms with van der Waals surface area (Å²) < 4.78 is 22.6. The molecule has 1 aliphatic heterocycles. The van der Waals surface area contributed by atoms with Crippen molar-refractivity contribution in [1.82, 2.24) is 9.80 Å². The number of nitrogens with zero attached hydrogens (tertiary/aromatic N) is 2. The van der Waals surface area contributed by atoms with Crippen LogP contribution in [0.2, 0.25) is 0 Å². The summed E-state index contributed by atoms with van der Waals surface area (Å²) in [7, 11) is -1.38. The molecule has 1 amide bonds. The summed E-state index contributed by atoms with van der Waals surface area (Å²) in [6, 6.07) is -0.461. The van der Waals surface area contributed by atoms with Gasteiger partial charge in [-0.3, -0.25) is 9.69 Å². The molecule has 1 heterocycles. The number of carbonyl (C=O) groups is 1. The Morgan fingerprint density at radius 1 is 1.32 bits per heavy atom. The van der Waals surface area contributed by atoms with Gasteiger partial charge in [-0.15, -0.1) is 0 Å². The Hall–Kier alpha value is -0.270. The van der Waals surface area contributed by atoms with Crippen LogP contribution in [0.25, 0.3) is 0 Å². The van der Waals surface area contributed by atoms with Gasteiger partial charge in [0, 0.05) is 43.9 Å². The van der Waals surface area contributed by atoms with E-state index in [-0.39, 0.29) is 23.7 Å². The monoisotopic (exact) mass is 308 g/mol. The average molecular weight is 308 g/mol. The Balaban J connectivity index is 2.59. The van der Waals surface area contributed by atoms with Gasteiger partial charge in [0.05, 0.1) is 11.8 Å². The van der Waals surface area contributed by atoms with Crippen molar-refractivity contribution in [2.45, 2.75) is 25.9 Å². The molecule has 0 N–H and O–H groups in total. The molecule has 7 heteroatoms. The molecule has 2 atom stereocenters. The zero-order valence-corrected chi connectivity index (χ0v) is 13.8. The van der Waals surface area contributed by atoms with E-state index < -0.39 is 9.84 Å². The van der Waals surface area contributed by atoms with Crippen molar-refractivity contribution in [2.24, 2.45) is 0 Å². The van der Waals surface area contributed by atoms with E-state index in [9.17, 15) is 13.2 Å². The van der Waals surface area contributed by atoms with Crippen LogP contribution in [0.4, 0.5) is 0 Å². The zero-order valence-electron chi connectivity index (χ0n) is 12.1. The fourth-order valence-corrected chi connectivity index (χ4v) is 4.21. The number of sulfone groups is 1. The number of hydrogen-bond donors (Lipinski definition) is 0. The van der Waals surface area contributed by atoms with Crippen LogP contribution < -0.4 is 0 Å². The lowest BCUT2D eigenvalue weighted by Gasteiger charge is -2.35. The van der Waals surface area contributed by atoms with Crippen molar-refractivity contribution < 1.29 is 13.2 Å². The SMILES string of the molecule is C[C@H](CS(C)(=O)=O)N(C)C(=O)[C@H](C)N1CCSCC1. The first-order valence-corrected chi connectivity index (χ1v) is 9.70. The Morgan fingerprint density at radius 2 is 1.84 bits per heavy atom. The van der Waals surface area contributed by atoms with Gasteiger partial charge in [0.25, 0.3) is 0 Å². The molecular weight excluding hydrogens is 284 g/mol. The second-order valence-corrected chi connectivity index (χ2v) is 8.62. The van der Waals surface area contributed by atoms with Crippen LogP contribution in [0.1, 0.15) is 13.8 Å². The third-order valence-corrected chi connectivity index (χ3v) is 5.53. The Labute approximate surface area is 120 Å². The van der Waals surface area contributed by atoms with E-state index in [0.29, 0.717) is 0 Å². The highest BCUT2D eigenvalue weighted by molar-refractivity contribution is 7.99. The van der Waals surface area contributed by atoms with Gasteiger partial charge in [-0.1, -0.05) is 0 Å². The largest absolute Gasteiger partial charge is 0.341 e. The zero-order chi connectivity index (χ0) is 14.6. The average Bonchev–Trinajstić information content (AvgIpc) is 2.35. The number of carbonyl (C=O) groups excluding carboxylic acids is 1. The number of amides is 1. The van der Waals surface area contributed by atoms with Gasteiger partial charge >= 0.3 is 0 Å². The number of hydrogen-bond acceptors (Lipinski definition) is 5. The summed E-state index contributed by atoms with van der Waals surface area (Å²) in [4.78, 5) is 16.1. The third kappa shape index (κ3) is 5.31. The predicted molar refractivity (Wildman–Crippen MR) is 80.3 cm³/mol. The number of rotatable bonds is 5. The number of likely N-dealkylation sites (N-methyl/N-ethyl adjacent to an activating group) is 1. The first-order chi connectivity index (χ1) is 8.72. The maximum absolute atomic E-state index is 12.4. The van der Waals surface area contributed by atoms with E-state index in [0.717, 1.165) is 24.6 Å². The lowest BCUT2D eigenvalue weighted by Crippen LogP contribution is -2.51. The van der Waals surface area contributed by atoms with Crippen molar-refractivity contribution >= 4 is 27.5 Å². The Morgan fingerprint density at radius 3 is 2.32 bits per heavy atom. The van der Waals surface area contributed by atoms with Crippen molar-refractivity contribution in [1.29, 1.82) is 0 Å². The topological polar surface area (TPSA) is 57.7 Å². The van der Waals surface area contributed by atoms with Crippen LogP contribution in [0, 0.1) is 0 Å². The third-order valence-electron chi connectivity index (χ3n) is 3.50. The van der Waals surface area contributed by atoms with Gasteiger partial charge in [0.1, 0.15) is 9.84 Å². The highest BCUT2D eigenvalue weighted by atomic mass is 32.2. The normalized spacial score (nSPS) is 20.8. The van der Waals surface area contributed by atoms with Crippen molar-refractivity contribution in [3.8, 4) is 0 Å². The van der Waals surface area contributed by atoms with E-state index in [1.54, 1.807) is 18.9 Å². The van der Waals surface area contributed by atoms with E-state index in [2.05, 4.69) is 4.90 Å².